The molecule has 2 aromatic carbocycles. The third-order valence-corrected chi connectivity index (χ3v) is 7.21. The molecule has 9 nitrogen and oxygen atoms in total. The van der Waals surface area contributed by atoms with E-state index in [4.69, 9.17) is 26.4 Å². The highest BCUT2D eigenvalue weighted by Gasteiger charge is 2.20. The number of carbonyl (C=O) groups excluding carboxylic acids is 2. The standard InChI is InChI=1S/C29H29FN4O5S2/c1-37-14-12-34(13-15-38-2)28(36)25-18-22-27(41-25)24(10-11-31-22)39-23-9-8-20(17-21(23)30)32-29(40)33-26(35)16-19-6-4-3-5-7-19/h3-11,17-18H,12-16H2,1-2H3,(H2,32,33,35,40). The summed E-state index contributed by atoms with van der Waals surface area (Å²) in [5.74, 6) is -0.768. The van der Waals surface area contributed by atoms with Gasteiger partial charge in [0, 0.05) is 51.3 Å². The maximum atomic E-state index is 15.0. The number of pyridine rings is 1. The highest BCUT2D eigenvalue weighted by atomic mass is 32.1. The minimum absolute atomic E-state index is 0.0230. The fraction of sp³-hybridized carbons (Fsp3) is 0.241. The summed E-state index contributed by atoms with van der Waals surface area (Å²) in [6.45, 7) is 1.61. The molecule has 0 aliphatic carbocycles. The van der Waals surface area contributed by atoms with E-state index in [1.54, 1.807) is 37.3 Å². The molecular weight excluding hydrogens is 567 g/mol. The Morgan fingerprint density at radius 3 is 2.41 bits per heavy atom. The lowest BCUT2D eigenvalue weighted by molar-refractivity contribution is -0.119. The number of fused-ring (bicyclic) bond motifs is 1. The second-order valence-electron chi connectivity index (χ2n) is 8.82. The van der Waals surface area contributed by atoms with E-state index >= 15 is 4.39 Å². The molecule has 0 atom stereocenters. The maximum absolute atomic E-state index is 15.0. The van der Waals surface area contributed by atoms with Crippen molar-refractivity contribution in [2.24, 2.45) is 0 Å². The summed E-state index contributed by atoms with van der Waals surface area (Å²) in [7, 11) is 3.15. The zero-order valence-corrected chi connectivity index (χ0v) is 24.1. The normalized spacial score (nSPS) is 10.8. The second kappa shape index (κ2) is 14.6. The molecule has 0 aliphatic heterocycles. The molecule has 0 unspecified atom stereocenters. The quantitative estimate of drug-likeness (QED) is 0.220. The average molecular weight is 597 g/mol. The Labute approximate surface area is 246 Å². The molecule has 2 amide bonds. The number of aromatic nitrogens is 1. The number of carbonyl (C=O) groups is 2. The van der Waals surface area contributed by atoms with Crippen LogP contribution >= 0.6 is 23.6 Å². The molecule has 214 valence electrons. The van der Waals surface area contributed by atoms with Crippen molar-refractivity contribution in [1.29, 1.82) is 0 Å². The number of halogens is 1. The van der Waals surface area contributed by atoms with Crippen LogP contribution in [0, 0.1) is 5.82 Å². The molecule has 41 heavy (non-hydrogen) atoms. The molecule has 2 heterocycles. The molecule has 4 aromatic rings. The number of rotatable bonds is 12. The summed E-state index contributed by atoms with van der Waals surface area (Å²) >= 11 is 6.42. The van der Waals surface area contributed by atoms with Crippen LogP contribution in [0.2, 0.25) is 0 Å². The van der Waals surface area contributed by atoms with E-state index < -0.39 is 5.82 Å². The lowest BCUT2D eigenvalue weighted by Gasteiger charge is -2.21. The second-order valence-corrected chi connectivity index (χ2v) is 10.3. The van der Waals surface area contributed by atoms with Crippen molar-refractivity contribution in [3.8, 4) is 11.5 Å². The van der Waals surface area contributed by atoms with E-state index in [0.717, 1.165) is 5.56 Å². The van der Waals surface area contributed by atoms with Gasteiger partial charge in [0.2, 0.25) is 5.91 Å². The van der Waals surface area contributed by atoms with E-state index in [-0.39, 0.29) is 29.1 Å². The van der Waals surface area contributed by atoms with Gasteiger partial charge in [0.15, 0.2) is 16.7 Å². The van der Waals surface area contributed by atoms with Crippen molar-refractivity contribution in [2.75, 3.05) is 45.8 Å². The number of nitrogens with zero attached hydrogens (tertiary/aromatic N) is 2. The van der Waals surface area contributed by atoms with Gasteiger partial charge in [-0.15, -0.1) is 11.3 Å². The first-order valence-electron chi connectivity index (χ1n) is 12.7. The Kier molecular flexibility index (Phi) is 10.7. The molecule has 0 aliphatic rings. The van der Waals surface area contributed by atoms with Gasteiger partial charge >= 0.3 is 0 Å². The Morgan fingerprint density at radius 2 is 1.73 bits per heavy atom. The lowest BCUT2D eigenvalue weighted by Crippen LogP contribution is -2.36. The van der Waals surface area contributed by atoms with E-state index in [2.05, 4.69) is 15.6 Å². The molecule has 0 saturated heterocycles. The van der Waals surface area contributed by atoms with Gasteiger partial charge in [-0.1, -0.05) is 30.3 Å². The van der Waals surface area contributed by atoms with Crippen molar-refractivity contribution in [3.05, 3.63) is 83.1 Å². The predicted molar refractivity (Wildman–Crippen MR) is 160 cm³/mol. The minimum Gasteiger partial charge on any atom is -0.453 e. The van der Waals surface area contributed by atoms with Crippen molar-refractivity contribution in [1.82, 2.24) is 15.2 Å². The van der Waals surface area contributed by atoms with Crippen LogP contribution in [-0.4, -0.2) is 67.3 Å². The monoisotopic (exact) mass is 596 g/mol. The fourth-order valence-electron chi connectivity index (χ4n) is 3.87. The number of hydrogen-bond acceptors (Lipinski definition) is 8. The first-order chi connectivity index (χ1) is 19.9. The van der Waals surface area contributed by atoms with E-state index in [1.807, 2.05) is 30.3 Å². The molecular formula is C29H29FN4O5S2. The zero-order chi connectivity index (χ0) is 29.2. The zero-order valence-electron chi connectivity index (χ0n) is 22.5. The number of nitrogens with one attached hydrogen (secondary N) is 2. The maximum Gasteiger partial charge on any atom is 0.264 e. The largest absolute Gasteiger partial charge is 0.453 e. The average Bonchev–Trinajstić information content (AvgIpc) is 3.40. The van der Waals surface area contributed by atoms with Crippen LogP contribution in [0.4, 0.5) is 10.1 Å². The number of thiocarbonyl (C=S) groups is 1. The summed E-state index contributed by atoms with van der Waals surface area (Å²) in [4.78, 5) is 31.9. The van der Waals surface area contributed by atoms with Gasteiger partial charge < -0.3 is 29.7 Å². The SMILES string of the molecule is COCCN(CCOC)C(=O)c1cc2nccc(Oc3ccc(NC(=S)NC(=O)Cc4ccccc4)cc3F)c2s1. The van der Waals surface area contributed by atoms with Crippen LogP contribution < -0.4 is 15.4 Å². The smallest absolute Gasteiger partial charge is 0.264 e. The van der Waals surface area contributed by atoms with E-state index in [1.165, 1.54) is 29.7 Å². The number of ether oxygens (including phenoxy) is 3. The summed E-state index contributed by atoms with van der Waals surface area (Å²) < 4.78 is 31.8. The fourth-order valence-corrected chi connectivity index (χ4v) is 5.13. The molecule has 0 bridgehead atoms. The minimum atomic E-state index is -0.642. The Bertz CT molecular complexity index is 1510. The molecule has 2 N–H and O–H groups in total. The molecule has 2 aromatic heterocycles. The number of thiophene rings is 1. The third kappa shape index (κ3) is 8.27. The van der Waals surface area contributed by atoms with E-state index in [9.17, 15) is 9.59 Å². The van der Waals surface area contributed by atoms with Crippen molar-refractivity contribution in [3.63, 3.8) is 0 Å². The van der Waals surface area contributed by atoms with Gasteiger partial charge in [0.05, 0.1) is 34.7 Å². The topological polar surface area (TPSA) is 102 Å². The molecule has 0 radical (unpaired) electrons. The van der Waals surface area contributed by atoms with Gasteiger partial charge in [0.1, 0.15) is 5.75 Å². The lowest BCUT2D eigenvalue weighted by atomic mass is 10.1. The number of hydrogen-bond donors (Lipinski definition) is 2. The van der Waals surface area contributed by atoms with Crippen LogP contribution in [0.25, 0.3) is 10.2 Å². The molecule has 12 heteroatoms. The van der Waals surface area contributed by atoms with Crippen molar-refractivity contribution >= 4 is 56.4 Å². The summed E-state index contributed by atoms with van der Waals surface area (Å²) in [6, 6.07) is 16.8. The van der Waals surface area contributed by atoms with Crippen molar-refractivity contribution < 1.29 is 28.2 Å². The van der Waals surface area contributed by atoms with Crippen molar-refractivity contribution in [2.45, 2.75) is 6.42 Å². The molecule has 0 spiro atoms. The van der Waals surface area contributed by atoms with Crippen LogP contribution in [0.1, 0.15) is 15.2 Å². The van der Waals surface area contributed by atoms with Crippen LogP contribution in [-0.2, 0) is 20.7 Å². The number of methoxy groups -OCH3 is 2. The van der Waals surface area contributed by atoms with Gasteiger partial charge in [-0.05, 0) is 36.0 Å². The van der Waals surface area contributed by atoms with Gasteiger partial charge in [-0.2, -0.15) is 0 Å². The first-order valence-corrected chi connectivity index (χ1v) is 13.9. The first kappa shape index (κ1) is 30.0. The predicted octanol–water partition coefficient (Wildman–Crippen LogP) is 5.02. The Balaban J connectivity index is 1.43. The summed E-state index contributed by atoms with van der Waals surface area (Å²) in [5.41, 5.74) is 1.75. The Hall–Kier alpha value is -3.97. The van der Waals surface area contributed by atoms with Crippen LogP contribution in [0.15, 0.2) is 66.9 Å². The van der Waals surface area contributed by atoms with Crippen LogP contribution in [0.3, 0.4) is 0 Å². The number of amides is 2. The Morgan fingerprint density at radius 1 is 1.00 bits per heavy atom. The van der Waals surface area contributed by atoms with Crippen LogP contribution in [0.5, 0.6) is 11.5 Å². The van der Waals surface area contributed by atoms with Gasteiger partial charge in [0.25, 0.3) is 5.91 Å². The molecule has 4 rings (SSSR count). The van der Waals surface area contributed by atoms with Gasteiger partial charge in [-0.25, -0.2) is 4.39 Å². The summed E-state index contributed by atoms with van der Waals surface area (Å²) in [5, 5.41) is 5.45. The number of anilines is 1. The van der Waals surface area contributed by atoms with Gasteiger partial charge in [-0.3, -0.25) is 14.6 Å². The highest BCUT2D eigenvalue weighted by Crippen LogP contribution is 2.36. The molecule has 0 saturated carbocycles. The third-order valence-electron chi connectivity index (χ3n) is 5.87. The highest BCUT2D eigenvalue weighted by molar-refractivity contribution is 7.80. The summed E-state index contributed by atoms with van der Waals surface area (Å²) in [6.07, 6.45) is 1.70. The molecule has 0 fully saturated rings. The number of benzene rings is 2. The van der Waals surface area contributed by atoms with E-state index in [0.29, 0.717) is 52.8 Å².